The van der Waals surface area contributed by atoms with E-state index in [-0.39, 0.29) is 11.8 Å². The van der Waals surface area contributed by atoms with Crippen LogP contribution in [-0.2, 0) is 4.79 Å². The molecule has 0 bridgehead atoms. The molecule has 0 radical (unpaired) electrons. The summed E-state index contributed by atoms with van der Waals surface area (Å²) in [5.41, 5.74) is 0. The van der Waals surface area contributed by atoms with E-state index in [2.05, 4.69) is 22.2 Å². The highest BCUT2D eigenvalue weighted by molar-refractivity contribution is 5.77. The molecule has 4 heteroatoms. The minimum atomic E-state index is 0.0949. The standard InChI is InChI=1S/C11H23N3O.C2H6/c1-10(2)11(15)12-4-5-14-8-6-13(3)7-9-14;1-2/h10H,4-9H2,1-3H3,(H,12,15);1-2H3. The lowest BCUT2D eigenvalue weighted by atomic mass is 10.2. The van der Waals surface area contributed by atoms with Gasteiger partial charge in [0, 0.05) is 45.2 Å². The average molecular weight is 243 g/mol. The molecule has 1 fully saturated rings. The van der Waals surface area contributed by atoms with E-state index in [1.165, 1.54) is 0 Å². The zero-order valence-electron chi connectivity index (χ0n) is 12.1. The van der Waals surface area contributed by atoms with Crippen molar-refractivity contribution in [1.29, 1.82) is 0 Å². The van der Waals surface area contributed by atoms with Crippen molar-refractivity contribution in [2.24, 2.45) is 5.92 Å². The molecule has 1 heterocycles. The van der Waals surface area contributed by atoms with Crippen molar-refractivity contribution in [3.05, 3.63) is 0 Å². The minimum absolute atomic E-state index is 0.0949. The number of likely N-dealkylation sites (N-methyl/N-ethyl adjacent to an activating group) is 1. The molecule has 1 rings (SSSR count). The summed E-state index contributed by atoms with van der Waals surface area (Å²) in [5, 5.41) is 2.95. The maximum atomic E-state index is 11.3. The Kier molecular flexibility index (Phi) is 9.09. The van der Waals surface area contributed by atoms with Crippen molar-refractivity contribution in [2.75, 3.05) is 46.3 Å². The summed E-state index contributed by atoms with van der Waals surface area (Å²) in [6, 6.07) is 0. The maximum Gasteiger partial charge on any atom is 0.222 e. The first-order chi connectivity index (χ1) is 8.09. The molecular weight excluding hydrogens is 214 g/mol. The minimum Gasteiger partial charge on any atom is -0.355 e. The molecule has 17 heavy (non-hydrogen) atoms. The first-order valence-electron chi connectivity index (χ1n) is 6.78. The van der Waals surface area contributed by atoms with Crippen LogP contribution in [0.4, 0.5) is 0 Å². The van der Waals surface area contributed by atoms with Crippen molar-refractivity contribution >= 4 is 5.91 Å². The molecule has 0 unspecified atom stereocenters. The quantitative estimate of drug-likeness (QED) is 0.801. The van der Waals surface area contributed by atoms with Crippen molar-refractivity contribution in [1.82, 2.24) is 15.1 Å². The van der Waals surface area contributed by atoms with E-state index in [9.17, 15) is 4.79 Å². The van der Waals surface area contributed by atoms with Gasteiger partial charge in [-0.3, -0.25) is 9.69 Å². The number of nitrogens with one attached hydrogen (secondary N) is 1. The number of carbonyl (C=O) groups excluding carboxylic acids is 1. The Hall–Kier alpha value is -0.610. The predicted molar refractivity (Wildman–Crippen MR) is 73.1 cm³/mol. The fourth-order valence-electron chi connectivity index (χ4n) is 1.61. The molecular formula is C13H29N3O. The highest BCUT2D eigenvalue weighted by Crippen LogP contribution is 1.97. The predicted octanol–water partition coefficient (Wildman–Crippen LogP) is 1.03. The lowest BCUT2D eigenvalue weighted by Crippen LogP contribution is -2.47. The summed E-state index contributed by atoms with van der Waals surface area (Å²) < 4.78 is 0. The van der Waals surface area contributed by atoms with E-state index in [1.54, 1.807) is 0 Å². The molecule has 1 aliphatic rings. The normalized spacial score (nSPS) is 17.5. The van der Waals surface area contributed by atoms with Crippen LogP contribution < -0.4 is 5.32 Å². The van der Waals surface area contributed by atoms with Gasteiger partial charge in [0.1, 0.15) is 0 Å². The number of nitrogens with zero attached hydrogens (tertiary/aromatic N) is 2. The molecule has 0 atom stereocenters. The van der Waals surface area contributed by atoms with Crippen LogP contribution in [0.2, 0.25) is 0 Å². The van der Waals surface area contributed by atoms with Crippen LogP contribution in [0.25, 0.3) is 0 Å². The van der Waals surface area contributed by atoms with Crippen LogP contribution in [0.15, 0.2) is 0 Å². The van der Waals surface area contributed by atoms with Gasteiger partial charge in [-0.05, 0) is 7.05 Å². The van der Waals surface area contributed by atoms with Crippen LogP contribution in [0.5, 0.6) is 0 Å². The smallest absolute Gasteiger partial charge is 0.222 e. The third-order valence-corrected chi connectivity index (χ3v) is 2.85. The van der Waals surface area contributed by atoms with Crippen molar-refractivity contribution in [3.8, 4) is 0 Å². The van der Waals surface area contributed by atoms with Gasteiger partial charge in [0.2, 0.25) is 5.91 Å². The van der Waals surface area contributed by atoms with Crippen LogP contribution in [0.3, 0.4) is 0 Å². The van der Waals surface area contributed by atoms with E-state index in [1.807, 2.05) is 27.7 Å². The Bertz CT molecular complexity index is 199. The Balaban J connectivity index is 0.00000121. The van der Waals surface area contributed by atoms with Gasteiger partial charge < -0.3 is 10.2 Å². The number of hydrogen-bond donors (Lipinski definition) is 1. The molecule has 1 aliphatic heterocycles. The number of carbonyl (C=O) groups is 1. The molecule has 0 spiro atoms. The second-order valence-electron chi connectivity index (χ2n) is 4.59. The third kappa shape index (κ3) is 7.34. The summed E-state index contributed by atoms with van der Waals surface area (Å²) >= 11 is 0. The lowest BCUT2D eigenvalue weighted by Gasteiger charge is -2.32. The second kappa shape index (κ2) is 9.42. The molecule has 1 amide bonds. The van der Waals surface area contributed by atoms with Crippen molar-refractivity contribution in [3.63, 3.8) is 0 Å². The molecule has 0 saturated carbocycles. The Morgan fingerprint density at radius 3 is 2.18 bits per heavy atom. The molecule has 102 valence electrons. The molecule has 4 nitrogen and oxygen atoms in total. The zero-order valence-corrected chi connectivity index (χ0v) is 12.1. The van der Waals surface area contributed by atoms with E-state index in [0.29, 0.717) is 0 Å². The average Bonchev–Trinajstić information content (AvgIpc) is 2.34. The maximum absolute atomic E-state index is 11.3. The van der Waals surface area contributed by atoms with E-state index in [0.717, 1.165) is 39.3 Å². The van der Waals surface area contributed by atoms with E-state index in [4.69, 9.17) is 0 Å². The third-order valence-electron chi connectivity index (χ3n) is 2.85. The number of rotatable bonds is 4. The molecule has 0 aromatic carbocycles. The van der Waals surface area contributed by atoms with Gasteiger partial charge in [-0.2, -0.15) is 0 Å². The summed E-state index contributed by atoms with van der Waals surface area (Å²) in [5.74, 6) is 0.251. The summed E-state index contributed by atoms with van der Waals surface area (Å²) in [7, 11) is 2.15. The van der Waals surface area contributed by atoms with Gasteiger partial charge in [0.15, 0.2) is 0 Å². The largest absolute Gasteiger partial charge is 0.355 e. The SMILES string of the molecule is CC.CC(C)C(=O)NCCN1CCN(C)CC1. The molecule has 0 aromatic heterocycles. The zero-order chi connectivity index (χ0) is 13.3. The first-order valence-corrected chi connectivity index (χ1v) is 6.78. The van der Waals surface area contributed by atoms with Gasteiger partial charge in [0.05, 0.1) is 0 Å². The summed E-state index contributed by atoms with van der Waals surface area (Å²) in [4.78, 5) is 16.0. The van der Waals surface area contributed by atoms with Crippen LogP contribution in [-0.4, -0.2) is 62.0 Å². The first kappa shape index (κ1) is 16.4. The lowest BCUT2D eigenvalue weighted by molar-refractivity contribution is -0.124. The molecule has 0 aromatic rings. The van der Waals surface area contributed by atoms with Crippen molar-refractivity contribution in [2.45, 2.75) is 27.7 Å². The highest BCUT2D eigenvalue weighted by Gasteiger charge is 2.13. The topological polar surface area (TPSA) is 35.6 Å². The number of amides is 1. The van der Waals surface area contributed by atoms with E-state index >= 15 is 0 Å². The van der Waals surface area contributed by atoms with Crippen LogP contribution in [0, 0.1) is 5.92 Å². The molecule has 1 N–H and O–H groups in total. The van der Waals surface area contributed by atoms with Gasteiger partial charge in [0.25, 0.3) is 0 Å². The monoisotopic (exact) mass is 243 g/mol. The van der Waals surface area contributed by atoms with Gasteiger partial charge in [-0.25, -0.2) is 0 Å². The molecule has 1 saturated heterocycles. The summed E-state index contributed by atoms with van der Waals surface area (Å²) in [6.07, 6.45) is 0. The second-order valence-corrected chi connectivity index (χ2v) is 4.59. The van der Waals surface area contributed by atoms with E-state index < -0.39 is 0 Å². The summed E-state index contributed by atoms with van der Waals surface area (Å²) in [6.45, 7) is 14.1. The Morgan fingerprint density at radius 1 is 1.18 bits per heavy atom. The van der Waals surface area contributed by atoms with Gasteiger partial charge in [-0.15, -0.1) is 0 Å². The Morgan fingerprint density at radius 2 is 1.71 bits per heavy atom. The number of piperazine rings is 1. The van der Waals surface area contributed by atoms with Crippen molar-refractivity contribution < 1.29 is 4.79 Å². The Labute approximate surface area is 106 Å². The van der Waals surface area contributed by atoms with Crippen LogP contribution in [0.1, 0.15) is 27.7 Å². The van der Waals surface area contributed by atoms with Gasteiger partial charge in [-0.1, -0.05) is 27.7 Å². The highest BCUT2D eigenvalue weighted by atomic mass is 16.1. The van der Waals surface area contributed by atoms with Gasteiger partial charge >= 0.3 is 0 Å². The number of hydrogen-bond acceptors (Lipinski definition) is 3. The fraction of sp³-hybridized carbons (Fsp3) is 0.923. The fourth-order valence-corrected chi connectivity index (χ4v) is 1.61. The molecule has 0 aliphatic carbocycles. The van der Waals surface area contributed by atoms with Crippen LogP contribution >= 0.6 is 0 Å².